The first-order valence-electron chi connectivity index (χ1n) is 6.71. The van der Waals surface area contributed by atoms with Gasteiger partial charge in [-0.25, -0.2) is 4.79 Å². The third kappa shape index (κ3) is 2.40. The number of carbonyl (C=O) groups is 1. The molecule has 7 nitrogen and oxygen atoms in total. The Morgan fingerprint density at radius 3 is 2.75 bits per heavy atom. The highest BCUT2D eigenvalue weighted by molar-refractivity contribution is 5.61. The van der Waals surface area contributed by atoms with Crippen molar-refractivity contribution in [1.82, 2.24) is 4.73 Å². The molecule has 1 aromatic heterocycles. The average molecular weight is 283 g/mol. The first-order chi connectivity index (χ1) is 9.58. The quantitative estimate of drug-likeness (QED) is 0.801. The molecular weight excluding hydrogens is 266 g/mol. The highest BCUT2D eigenvalue weighted by atomic mass is 16.8. The number of aromatic hydroxyl groups is 2. The molecule has 1 aliphatic carbocycles. The van der Waals surface area contributed by atoms with Crippen molar-refractivity contribution >= 4 is 6.16 Å². The first-order valence-corrected chi connectivity index (χ1v) is 6.71. The molecule has 2 heterocycles. The molecule has 110 valence electrons. The number of ether oxygens (including phenoxy) is 2. The summed E-state index contributed by atoms with van der Waals surface area (Å²) in [5, 5.41) is 18.7. The molecule has 3 rings (SSSR count). The van der Waals surface area contributed by atoms with Crippen molar-refractivity contribution < 1.29 is 29.3 Å². The van der Waals surface area contributed by atoms with E-state index in [1.165, 1.54) is 12.1 Å². The fourth-order valence-corrected chi connectivity index (χ4v) is 2.98. The van der Waals surface area contributed by atoms with Crippen molar-refractivity contribution in [2.24, 2.45) is 0 Å². The molecule has 1 spiro atoms. The summed E-state index contributed by atoms with van der Waals surface area (Å²) >= 11 is 0. The Bertz CT molecular complexity index is 485. The van der Waals surface area contributed by atoms with Crippen LogP contribution in [0, 0.1) is 0 Å². The summed E-state index contributed by atoms with van der Waals surface area (Å²) in [6.45, 7) is 0.766. The number of carbonyl (C=O) groups excluding carboxylic acids is 1. The van der Waals surface area contributed by atoms with Gasteiger partial charge in [0.1, 0.15) is 6.10 Å². The normalized spacial score (nSPS) is 28.9. The van der Waals surface area contributed by atoms with Crippen LogP contribution in [0.1, 0.15) is 32.1 Å². The Kier molecular flexibility index (Phi) is 3.21. The number of rotatable bonds is 2. The zero-order chi connectivity index (χ0) is 14.2. The van der Waals surface area contributed by atoms with Gasteiger partial charge in [0.05, 0.1) is 5.60 Å². The predicted molar refractivity (Wildman–Crippen MR) is 66.4 cm³/mol. The summed E-state index contributed by atoms with van der Waals surface area (Å²) in [6, 6.07) is 2.42. The van der Waals surface area contributed by atoms with Crippen molar-refractivity contribution in [3.63, 3.8) is 0 Å². The van der Waals surface area contributed by atoms with E-state index in [2.05, 4.69) is 0 Å². The van der Waals surface area contributed by atoms with Gasteiger partial charge in [-0.05, 0) is 25.7 Å². The Morgan fingerprint density at radius 2 is 2.10 bits per heavy atom. The largest absolute Gasteiger partial charge is 0.534 e. The molecule has 1 saturated heterocycles. The second-order valence-corrected chi connectivity index (χ2v) is 5.30. The van der Waals surface area contributed by atoms with Gasteiger partial charge in [0.2, 0.25) is 11.8 Å². The molecule has 1 saturated carbocycles. The van der Waals surface area contributed by atoms with Gasteiger partial charge in [-0.2, -0.15) is 0 Å². The number of aromatic nitrogens is 1. The molecule has 2 atom stereocenters. The second kappa shape index (κ2) is 4.90. The zero-order valence-corrected chi connectivity index (χ0v) is 10.9. The molecule has 0 bridgehead atoms. The van der Waals surface area contributed by atoms with E-state index in [9.17, 15) is 15.0 Å². The minimum Gasteiger partial charge on any atom is -0.492 e. The second-order valence-electron chi connectivity index (χ2n) is 5.30. The standard InChI is InChI=1S/C13H17NO6/c15-10-2-3-11(16)14(10)20-12(17)19-9-4-6-13(8-9)5-1-7-18-13/h2-3,9,15-16H,1,4-8H2/t9-,13+/m0/s1. The highest BCUT2D eigenvalue weighted by Crippen LogP contribution is 2.42. The fraction of sp³-hybridized carbons (Fsp3) is 0.615. The van der Waals surface area contributed by atoms with Gasteiger partial charge in [-0.15, -0.1) is 4.73 Å². The van der Waals surface area contributed by atoms with E-state index >= 15 is 0 Å². The fourth-order valence-electron chi connectivity index (χ4n) is 2.98. The van der Waals surface area contributed by atoms with Crippen LogP contribution in [0.25, 0.3) is 0 Å². The van der Waals surface area contributed by atoms with Crippen molar-refractivity contribution in [2.45, 2.75) is 43.8 Å². The average Bonchev–Trinajstić information content (AvgIpc) is 3.10. The maximum absolute atomic E-state index is 11.6. The van der Waals surface area contributed by atoms with Crippen LogP contribution in [0.2, 0.25) is 0 Å². The summed E-state index contributed by atoms with van der Waals surface area (Å²) in [6.07, 6.45) is 3.13. The Morgan fingerprint density at radius 1 is 1.35 bits per heavy atom. The Balaban J connectivity index is 1.55. The van der Waals surface area contributed by atoms with Crippen LogP contribution < -0.4 is 4.84 Å². The zero-order valence-electron chi connectivity index (χ0n) is 10.9. The summed E-state index contributed by atoms with van der Waals surface area (Å²) in [4.78, 5) is 16.4. The molecule has 2 N–H and O–H groups in total. The molecule has 0 aromatic carbocycles. The number of hydrogen-bond donors (Lipinski definition) is 2. The van der Waals surface area contributed by atoms with Gasteiger partial charge in [0, 0.05) is 25.2 Å². The number of nitrogens with zero attached hydrogens (tertiary/aromatic N) is 1. The lowest BCUT2D eigenvalue weighted by Crippen LogP contribution is -2.28. The van der Waals surface area contributed by atoms with Crippen molar-refractivity contribution in [3.8, 4) is 11.8 Å². The van der Waals surface area contributed by atoms with E-state index in [-0.39, 0.29) is 23.5 Å². The SMILES string of the molecule is O=C(O[C@H]1CC[C@]2(CCCO2)C1)On1c(O)ccc1O. The topological polar surface area (TPSA) is 90.2 Å². The molecule has 20 heavy (non-hydrogen) atoms. The van der Waals surface area contributed by atoms with E-state index in [0.29, 0.717) is 11.2 Å². The van der Waals surface area contributed by atoms with Crippen molar-refractivity contribution in [2.75, 3.05) is 6.61 Å². The van der Waals surface area contributed by atoms with Crippen molar-refractivity contribution in [1.29, 1.82) is 0 Å². The van der Waals surface area contributed by atoms with E-state index in [1.807, 2.05) is 0 Å². The van der Waals surface area contributed by atoms with Crippen LogP contribution in [0.15, 0.2) is 12.1 Å². The summed E-state index contributed by atoms with van der Waals surface area (Å²) in [5.41, 5.74) is -0.136. The van der Waals surface area contributed by atoms with Gasteiger partial charge in [-0.3, -0.25) is 4.84 Å². The van der Waals surface area contributed by atoms with Gasteiger partial charge < -0.3 is 19.7 Å². The van der Waals surface area contributed by atoms with Crippen LogP contribution in [0.3, 0.4) is 0 Å². The first kappa shape index (κ1) is 13.1. The lowest BCUT2D eigenvalue weighted by Gasteiger charge is -2.21. The summed E-state index contributed by atoms with van der Waals surface area (Å²) in [7, 11) is 0. The molecule has 2 fully saturated rings. The van der Waals surface area contributed by atoms with Gasteiger partial charge in [0.25, 0.3) is 0 Å². The molecule has 1 aliphatic heterocycles. The summed E-state index contributed by atoms with van der Waals surface area (Å²) < 4.78 is 11.5. The van der Waals surface area contributed by atoms with Crippen LogP contribution >= 0.6 is 0 Å². The highest BCUT2D eigenvalue weighted by Gasteiger charge is 2.44. The maximum atomic E-state index is 11.6. The molecular formula is C13H17NO6. The maximum Gasteiger partial charge on any atom is 0.534 e. The van der Waals surface area contributed by atoms with Crippen LogP contribution in [-0.4, -0.2) is 39.4 Å². The number of hydrogen-bond acceptors (Lipinski definition) is 6. The molecule has 0 amide bonds. The van der Waals surface area contributed by atoms with Gasteiger partial charge in [0.15, 0.2) is 0 Å². The Labute approximate surface area is 115 Å². The monoisotopic (exact) mass is 283 g/mol. The van der Waals surface area contributed by atoms with E-state index < -0.39 is 6.16 Å². The van der Waals surface area contributed by atoms with Crippen LogP contribution in [-0.2, 0) is 9.47 Å². The Hall–Kier alpha value is -1.89. The van der Waals surface area contributed by atoms with E-state index in [1.54, 1.807) is 0 Å². The molecule has 2 aliphatic rings. The molecule has 1 aromatic rings. The molecule has 0 radical (unpaired) electrons. The lowest BCUT2D eigenvalue weighted by molar-refractivity contribution is -0.0174. The molecule has 7 heteroatoms. The van der Waals surface area contributed by atoms with Crippen LogP contribution in [0.5, 0.6) is 11.8 Å². The van der Waals surface area contributed by atoms with Gasteiger partial charge in [-0.1, -0.05) is 0 Å². The third-order valence-electron chi connectivity index (χ3n) is 3.93. The minimum atomic E-state index is -0.952. The van der Waals surface area contributed by atoms with Crippen LogP contribution in [0.4, 0.5) is 4.79 Å². The van der Waals surface area contributed by atoms with E-state index in [4.69, 9.17) is 14.3 Å². The minimum absolute atomic E-state index is 0.136. The van der Waals surface area contributed by atoms with Crippen molar-refractivity contribution in [3.05, 3.63) is 12.1 Å². The van der Waals surface area contributed by atoms with Gasteiger partial charge >= 0.3 is 6.16 Å². The molecule has 0 unspecified atom stereocenters. The summed E-state index contributed by atoms with van der Waals surface area (Å²) in [5.74, 6) is -0.747. The third-order valence-corrected chi connectivity index (χ3v) is 3.93. The lowest BCUT2D eigenvalue weighted by atomic mass is 9.99. The van der Waals surface area contributed by atoms with E-state index in [0.717, 1.165) is 32.3 Å². The predicted octanol–water partition coefficient (Wildman–Crippen LogP) is 1.57. The smallest absolute Gasteiger partial charge is 0.492 e.